The number of hydrogen-bond acceptors (Lipinski definition) is 3. The Labute approximate surface area is 136 Å². The third kappa shape index (κ3) is 1.72. The molecule has 118 valence electrons. The lowest BCUT2D eigenvalue weighted by molar-refractivity contribution is -0.375. The number of rotatable bonds is 1. The topological polar surface area (TPSA) is 46.4 Å². The molecule has 0 radical (unpaired) electrons. The van der Waals surface area contributed by atoms with Crippen LogP contribution < -0.4 is 0 Å². The number of fused-ring (bicyclic) bond motifs is 1. The maximum atomic E-state index is 11.8. The number of nitrogens with zero attached hydrogens (tertiary/aromatic N) is 2. The van der Waals surface area contributed by atoms with E-state index in [1.54, 1.807) is 0 Å². The Morgan fingerprint density at radius 3 is 2.74 bits per heavy atom. The van der Waals surface area contributed by atoms with Crippen LogP contribution >= 0.6 is 0 Å². The van der Waals surface area contributed by atoms with Gasteiger partial charge in [-0.2, -0.15) is 0 Å². The van der Waals surface area contributed by atoms with Gasteiger partial charge in [-0.1, -0.05) is 44.2 Å². The average Bonchev–Trinajstić information content (AvgIpc) is 2.75. The molecule has 0 amide bonds. The van der Waals surface area contributed by atoms with Crippen LogP contribution in [0.5, 0.6) is 0 Å². The molecule has 1 saturated heterocycles. The molecule has 1 aromatic rings. The fourth-order valence-electron chi connectivity index (χ4n) is 4.86. The minimum atomic E-state index is -0.385. The largest absolute Gasteiger partial charge is 0.376 e. The Morgan fingerprint density at radius 1 is 1.26 bits per heavy atom. The molecule has 0 saturated carbocycles. The molecular weight excluding hydrogens is 288 g/mol. The molecule has 23 heavy (non-hydrogen) atoms. The Hall–Kier alpha value is -2.36. The van der Waals surface area contributed by atoms with E-state index in [-0.39, 0.29) is 21.5 Å². The van der Waals surface area contributed by atoms with Crippen LogP contribution in [0.1, 0.15) is 31.4 Å². The first kappa shape index (κ1) is 14.2. The predicted molar refractivity (Wildman–Crippen MR) is 90.3 cm³/mol. The number of allylic oxidation sites excluding steroid dienone is 4. The second kappa shape index (κ2) is 4.34. The second-order valence-corrected chi connectivity index (χ2v) is 7.58. The fourth-order valence-corrected chi connectivity index (χ4v) is 4.86. The Bertz CT molecular complexity index is 816. The predicted octanol–water partition coefficient (Wildman–Crippen LogP) is 3.74. The van der Waals surface area contributed by atoms with Gasteiger partial charge in [-0.05, 0) is 29.5 Å². The molecule has 4 rings (SSSR count). The summed E-state index contributed by atoms with van der Waals surface area (Å²) in [5.41, 5.74) is 3.85. The first-order chi connectivity index (χ1) is 10.9. The minimum absolute atomic E-state index is 0.0850. The molecular formula is C19H20N2O2. The molecule has 1 spiro atoms. The van der Waals surface area contributed by atoms with Crippen molar-refractivity contribution in [3.8, 4) is 0 Å². The first-order valence-electron chi connectivity index (χ1n) is 7.96. The molecule has 0 bridgehead atoms. The molecule has 0 aromatic heterocycles. The Morgan fingerprint density at radius 2 is 2.00 bits per heavy atom. The maximum absolute atomic E-state index is 11.8. The standard InChI is InChI=1S/C19H20N2O2/c1-18(2)11-19-14-8-5-4-7-13(14)17(21(22)23)15(19)9-6-10-16(19)20(3)12-18/h4-10H,11-12H2,1-3H3. The summed E-state index contributed by atoms with van der Waals surface area (Å²) in [5, 5.41) is 11.8. The van der Waals surface area contributed by atoms with Crippen molar-refractivity contribution in [3.63, 3.8) is 0 Å². The molecule has 1 aliphatic heterocycles. The van der Waals surface area contributed by atoms with Crippen molar-refractivity contribution in [3.05, 3.63) is 75.0 Å². The van der Waals surface area contributed by atoms with Crippen molar-refractivity contribution in [2.24, 2.45) is 5.41 Å². The van der Waals surface area contributed by atoms with Gasteiger partial charge in [-0.15, -0.1) is 0 Å². The SMILES string of the molecule is CN1CC(C)(C)CC23C1=CC=CC2=C([N+](=O)[O-])c1ccccc13. The van der Waals surface area contributed by atoms with Crippen molar-refractivity contribution in [2.75, 3.05) is 13.6 Å². The van der Waals surface area contributed by atoms with Gasteiger partial charge < -0.3 is 4.90 Å². The van der Waals surface area contributed by atoms with E-state index in [1.165, 1.54) is 5.70 Å². The van der Waals surface area contributed by atoms with E-state index in [0.717, 1.165) is 29.7 Å². The van der Waals surface area contributed by atoms with Crippen LogP contribution in [-0.2, 0) is 5.41 Å². The van der Waals surface area contributed by atoms with E-state index in [2.05, 4.69) is 37.9 Å². The number of piperidine rings is 1. The van der Waals surface area contributed by atoms with E-state index < -0.39 is 0 Å². The van der Waals surface area contributed by atoms with Crippen LogP contribution in [0.3, 0.4) is 0 Å². The van der Waals surface area contributed by atoms with Gasteiger partial charge in [0.05, 0.1) is 15.9 Å². The lowest BCUT2D eigenvalue weighted by Crippen LogP contribution is -2.50. The van der Waals surface area contributed by atoms with Gasteiger partial charge in [0.1, 0.15) is 0 Å². The number of hydrogen-bond donors (Lipinski definition) is 0. The van der Waals surface area contributed by atoms with Gasteiger partial charge in [-0.3, -0.25) is 10.1 Å². The second-order valence-electron chi connectivity index (χ2n) is 7.58. The van der Waals surface area contributed by atoms with Crippen molar-refractivity contribution in [2.45, 2.75) is 25.7 Å². The van der Waals surface area contributed by atoms with Gasteiger partial charge in [-0.25, -0.2) is 0 Å². The van der Waals surface area contributed by atoms with E-state index in [9.17, 15) is 10.1 Å². The molecule has 1 unspecified atom stereocenters. The monoisotopic (exact) mass is 308 g/mol. The third-order valence-electron chi connectivity index (χ3n) is 5.31. The van der Waals surface area contributed by atoms with Crippen LogP contribution in [-0.4, -0.2) is 23.4 Å². The van der Waals surface area contributed by atoms with Crippen LogP contribution in [0.25, 0.3) is 5.70 Å². The van der Waals surface area contributed by atoms with Gasteiger partial charge in [0.25, 0.3) is 5.70 Å². The molecule has 0 N–H and O–H groups in total. The number of likely N-dealkylation sites (N-methyl/N-ethyl adjacent to an activating group) is 1. The Balaban J connectivity index is 2.09. The maximum Gasteiger partial charge on any atom is 0.281 e. The van der Waals surface area contributed by atoms with E-state index in [0.29, 0.717) is 0 Å². The molecule has 1 aromatic carbocycles. The first-order valence-corrected chi connectivity index (χ1v) is 7.96. The third-order valence-corrected chi connectivity index (χ3v) is 5.31. The zero-order valence-corrected chi connectivity index (χ0v) is 13.7. The van der Waals surface area contributed by atoms with Crippen LogP contribution in [0.2, 0.25) is 0 Å². The zero-order valence-electron chi connectivity index (χ0n) is 13.7. The summed E-state index contributed by atoms with van der Waals surface area (Å²) in [6.45, 7) is 5.45. The summed E-state index contributed by atoms with van der Waals surface area (Å²) in [6.07, 6.45) is 6.91. The van der Waals surface area contributed by atoms with E-state index in [4.69, 9.17) is 0 Å². The van der Waals surface area contributed by atoms with Gasteiger partial charge in [0.15, 0.2) is 0 Å². The molecule has 4 nitrogen and oxygen atoms in total. The molecule has 1 heterocycles. The highest BCUT2D eigenvalue weighted by molar-refractivity contribution is 5.81. The highest BCUT2D eigenvalue weighted by atomic mass is 16.6. The smallest absolute Gasteiger partial charge is 0.281 e. The lowest BCUT2D eigenvalue weighted by atomic mass is 9.60. The summed E-state index contributed by atoms with van der Waals surface area (Å²) < 4.78 is 0. The molecule has 3 aliphatic rings. The average molecular weight is 308 g/mol. The van der Waals surface area contributed by atoms with Crippen molar-refractivity contribution in [1.82, 2.24) is 4.90 Å². The summed E-state index contributed by atoms with van der Waals surface area (Å²) in [7, 11) is 2.10. The van der Waals surface area contributed by atoms with Crippen LogP contribution in [0, 0.1) is 15.5 Å². The molecule has 2 aliphatic carbocycles. The highest BCUT2D eigenvalue weighted by Gasteiger charge is 2.57. The quantitative estimate of drug-likeness (QED) is 0.586. The number of benzene rings is 1. The van der Waals surface area contributed by atoms with Gasteiger partial charge in [0, 0.05) is 24.9 Å². The molecule has 1 atom stereocenters. The van der Waals surface area contributed by atoms with E-state index >= 15 is 0 Å². The summed E-state index contributed by atoms with van der Waals surface area (Å²) in [4.78, 5) is 13.9. The Kier molecular flexibility index (Phi) is 2.69. The van der Waals surface area contributed by atoms with Crippen molar-refractivity contribution in [1.29, 1.82) is 0 Å². The fraction of sp³-hybridized carbons (Fsp3) is 0.368. The van der Waals surface area contributed by atoms with Crippen LogP contribution in [0.4, 0.5) is 0 Å². The van der Waals surface area contributed by atoms with Gasteiger partial charge in [0.2, 0.25) is 0 Å². The van der Waals surface area contributed by atoms with E-state index in [1.807, 2.05) is 30.4 Å². The molecule has 1 fully saturated rings. The normalized spacial score (nSPS) is 27.3. The zero-order chi connectivity index (χ0) is 16.4. The summed E-state index contributed by atoms with van der Waals surface area (Å²) in [5.74, 6) is 0. The highest BCUT2D eigenvalue weighted by Crippen LogP contribution is 2.60. The lowest BCUT2D eigenvalue weighted by Gasteiger charge is -2.51. The minimum Gasteiger partial charge on any atom is -0.376 e. The number of nitro groups is 1. The van der Waals surface area contributed by atoms with Crippen molar-refractivity contribution >= 4 is 5.70 Å². The van der Waals surface area contributed by atoms with Crippen molar-refractivity contribution < 1.29 is 4.92 Å². The van der Waals surface area contributed by atoms with Crippen LogP contribution in [0.15, 0.2) is 53.8 Å². The van der Waals surface area contributed by atoms with Gasteiger partial charge >= 0.3 is 0 Å². The summed E-state index contributed by atoms with van der Waals surface area (Å²) >= 11 is 0. The summed E-state index contributed by atoms with van der Waals surface area (Å²) in [6, 6.07) is 7.84. The molecule has 4 heteroatoms. The number of likely N-dealkylation sites (tertiary alicyclic amines) is 1.